The Hall–Kier alpha value is -1.75. The first-order valence-electron chi connectivity index (χ1n) is 6.36. The summed E-state index contributed by atoms with van der Waals surface area (Å²) in [5, 5.41) is 12.2. The quantitative estimate of drug-likeness (QED) is 0.706. The number of carboxylic acids is 1. The van der Waals surface area contributed by atoms with Crippen LogP contribution in [0.4, 0.5) is 0 Å². The molecule has 1 atom stereocenters. The van der Waals surface area contributed by atoms with Crippen molar-refractivity contribution in [2.24, 2.45) is 0 Å². The van der Waals surface area contributed by atoms with Gasteiger partial charge in [0.1, 0.15) is 0 Å². The first-order chi connectivity index (χ1) is 9.10. The van der Waals surface area contributed by atoms with E-state index in [1.807, 2.05) is 12.1 Å². The van der Waals surface area contributed by atoms with Crippen molar-refractivity contribution in [3.63, 3.8) is 0 Å². The van der Waals surface area contributed by atoms with E-state index in [0.717, 1.165) is 18.5 Å². The number of ether oxygens (including phenoxy) is 2. The lowest BCUT2D eigenvalue weighted by Crippen LogP contribution is -2.24. The van der Waals surface area contributed by atoms with Crippen LogP contribution in [-0.2, 0) is 11.3 Å². The topological polar surface area (TPSA) is 67.8 Å². The molecule has 1 aromatic rings. The van der Waals surface area contributed by atoms with Crippen LogP contribution in [0.15, 0.2) is 18.2 Å². The Morgan fingerprint density at radius 2 is 2.21 bits per heavy atom. The highest BCUT2D eigenvalue weighted by atomic mass is 16.5. The van der Waals surface area contributed by atoms with Gasteiger partial charge in [0.05, 0.1) is 7.11 Å². The Bertz CT molecular complexity index is 420. The van der Waals surface area contributed by atoms with Crippen molar-refractivity contribution in [1.29, 1.82) is 0 Å². The van der Waals surface area contributed by atoms with Crippen LogP contribution in [0, 0.1) is 0 Å². The van der Waals surface area contributed by atoms with Crippen molar-refractivity contribution in [3.05, 3.63) is 23.8 Å². The zero-order chi connectivity index (χ0) is 14.3. The molecule has 1 aromatic carbocycles. The van der Waals surface area contributed by atoms with Crippen molar-refractivity contribution in [1.82, 2.24) is 5.32 Å². The molecule has 0 radical (unpaired) electrons. The van der Waals surface area contributed by atoms with Crippen molar-refractivity contribution in [2.75, 3.05) is 13.7 Å². The summed E-state index contributed by atoms with van der Waals surface area (Å²) in [7, 11) is 1.54. The number of rotatable bonds is 8. The first-order valence-corrected chi connectivity index (χ1v) is 6.36. The molecule has 0 saturated carbocycles. The summed E-state index contributed by atoms with van der Waals surface area (Å²) in [4.78, 5) is 10.9. The minimum atomic E-state index is -1.00. The van der Waals surface area contributed by atoms with E-state index in [4.69, 9.17) is 14.6 Å². The van der Waals surface area contributed by atoms with E-state index in [1.54, 1.807) is 6.07 Å². The number of hydrogen-bond acceptors (Lipinski definition) is 4. The SMILES string of the molecule is CCCNCc1cccc(OC)c1OC(C)C(=O)O. The third-order valence-corrected chi connectivity index (χ3v) is 2.66. The molecule has 1 unspecified atom stereocenters. The third-order valence-electron chi connectivity index (χ3n) is 2.66. The number of hydrogen-bond donors (Lipinski definition) is 2. The van der Waals surface area contributed by atoms with E-state index in [1.165, 1.54) is 14.0 Å². The van der Waals surface area contributed by atoms with Gasteiger partial charge in [-0.1, -0.05) is 19.1 Å². The van der Waals surface area contributed by atoms with Crippen molar-refractivity contribution < 1.29 is 19.4 Å². The van der Waals surface area contributed by atoms with Gasteiger partial charge in [-0.3, -0.25) is 0 Å². The maximum atomic E-state index is 10.9. The number of aliphatic carboxylic acids is 1. The lowest BCUT2D eigenvalue weighted by atomic mass is 10.1. The lowest BCUT2D eigenvalue weighted by molar-refractivity contribution is -0.144. The van der Waals surface area contributed by atoms with Crippen LogP contribution in [0.25, 0.3) is 0 Å². The minimum Gasteiger partial charge on any atom is -0.493 e. The summed E-state index contributed by atoms with van der Waals surface area (Å²) in [5.74, 6) is 0.0331. The van der Waals surface area contributed by atoms with Crippen LogP contribution in [0.5, 0.6) is 11.5 Å². The molecule has 19 heavy (non-hydrogen) atoms. The van der Waals surface area contributed by atoms with Gasteiger partial charge in [-0.05, 0) is 26.0 Å². The second kappa shape index (κ2) is 7.63. The Morgan fingerprint density at radius 3 is 2.79 bits per heavy atom. The normalized spacial score (nSPS) is 11.9. The van der Waals surface area contributed by atoms with Crippen molar-refractivity contribution >= 4 is 5.97 Å². The summed E-state index contributed by atoms with van der Waals surface area (Å²) < 4.78 is 10.7. The van der Waals surface area contributed by atoms with Gasteiger partial charge < -0.3 is 19.9 Å². The van der Waals surface area contributed by atoms with Crippen LogP contribution >= 0.6 is 0 Å². The van der Waals surface area contributed by atoms with Gasteiger partial charge >= 0.3 is 5.97 Å². The minimum absolute atomic E-state index is 0.489. The highest BCUT2D eigenvalue weighted by Gasteiger charge is 2.18. The summed E-state index contributed by atoms with van der Waals surface area (Å²) in [6.45, 7) is 5.10. The molecule has 0 fully saturated rings. The molecule has 5 nitrogen and oxygen atoms in total. The lowest BCUT2D eigenvalue weighted by Gasteiger charge is -2.17. The van der Waals surface area contributed by atoms with E-state index < -0.39 is 12.1 Å². The number of para-hydroxylation sites is 1. The van der Waals surface area contributed by atoms with Crippen molar-refractivity contribution in [3.8, 4) is 11.5 Å². The molecule has 0 heterocycles. The van der Waals surface area contributed by atoms with E-state index in [2.05, 4.69) is 12.2 Å². The van der Waals surface area contributed by atoms with Gasteiger partial charge in [-0.15, -0.1) is 0 Å². The molecule has 0 bridgehead atoms. The number of benzene rings is 1. The highest BCUT2D eigenvalue weighted by molar-refractivity contribution is 5.72. The van der Waals surface area contributed by atoms with E-state index >= 15 is 0 Å². The molecular formula is C14H21NO4. The predicted octanol–water partition coefficient (Wildman–Crippen LogP) is 2.05. The number of nitrogens with one attached hydrogen (secondary N) is 1. The summed E-state index contributed by atoms with van der Waals surface area (Å²) in [5.41, 5.74) is 0.890. The standard InChI is InChI=1S/C14H21NO4/c1-4-8-15-9-11-6-5-7-12(18-3)13(11)19-10(2)14(16)17/h5-7,10,15H,4,8-9H2,1-3H3,(H,16,17). The van der Waals surface area contributed by atoms with Gasteiger partial charge in [0.2, 0.25) is 0 Å². The fraction of sp³-hybridized carbons (Fsp3) is 0.500. The molecule has 0 aliphatic heterocycles. The second-order valence-electron chi connectivity index (χ2n) is 4.22. The Labute approximate surface area is 113 Å². The van der Waals surface area contributed by atoms with Crippen LogP contribution in [0.3, 0.4) is 0 Å². The van der Waals surface area contributed by atoms with E-state index in [0.29, 0.717) is 18.0 Å². The Balaban J connectivity index is 2.92. The van der Waals surface area contributed by atoms with E-state index in [9.17, 15) is 4.79 Å². The summed E-state index contributed by atoms with van der Waals surface area (Å²) in [6, 6.07) is 5.52. The van der Waals surface area contributed by atoms with Gasteiger partial charge in [-0.25, -0.2) is 4.79 Å². The molecule has 2 N–H and O–H groups in total. The van der Waals surface area contributed by atoms with Crippen molar-refractivity contribution in [2.45, 2.75) is 32.9 Å². The van der Waals surface area contributed by atoms with Crippen LogP contribution in [-0.4, -0.2) is 30.8 Å². The number of carboxylic acid groups (broad SMARTS) is 1. The van der Waals surface area contributed by atoms with Gasteiger partial charge in [0.15, 0.2) is 17.6 Å². The zero-order valence-corrected chi connectivity index (χ0v) is 11.6. The Morgan fingerprint density at radius 1 is 1.47 bits per heavy atom. The zero-order valence-electron chi connectivity index (χ0n) is 11.6. The van der Waals surface area contributed by atoms with Crippen LogP contribution in [0.1, 0.15) is 25.8 Å². The first kappa shape index (κ1) is 15.3. The monoisotopic (exact) mass is 267 g/mol. The molecule has 1 rings (SSSR count). The Kier molecular flexibility index (Phi) is 6.15. The maximum absolute atomic E-state index is 10.9. The van der Waals surface area contributed by atoms with Crippen LogP contribution in [0.2, 0.25) is 0 Å². The number of methoxy groups -OCH3 is 1. The summed E-state index contributed by atoms with van der Waals surface area (Å²) in [6.07, 6.45) is 0.118. The highest BCUT2D eigenvalue weighted by Crippen LogP contribution is 2.31. The molecule has 106 valence electrons. The largest absolute Gasteiger partial charge is 0.493 e. The maximum Gasteiger partial charge on any atom is 0.344 e. The predicted molar refractivity (Wildman–Crippen MR) is 72.7 cm³/mol. The molecule has 0 saturated heterocycles. The van der Waals surface area contributed by atoms with E-state index in [-0.39, 0.29) is 0 Å². The molecular weight excluding hydrogens is 246 g/mol. The smallest absolute Gasteiger partial charge is 0.344 e. The molecule has 0 amide bonds. The summed E-state index contributed by atoms with van der Waals surface area (Å²) >= 11 is 0. The van der Waals surface area contributed by atoms with Gasteiger partial charge in [0, 0.05) is 12.1 Å². The molecule has 0 spiro atoms. The average Bonchev–Trinajstić information content (AvgIpc) is 2.40. The fourth-order valence-corrected chi connectivity index (χ4v) is 1.62. The molecule has 0 aliphatic rings. The van der Waals surface area contributed by atoms with Gasteiger partial charge in [-0.2, -0.15) is 0 Å². The molecule has 0 aromatic heterocycles. The van der Waals surface area contributed by atoms with Crippen LogP contribution < -0.4 is 14.8 Å². The molecule has 5 heteroatoms. The average molecular weight is 267 g/mol. The number of carbonyl (C=O) groups is 1. The fourth-order valence-electron chi connectivity index (χ4n) is 1.62. The third kappa shape index (κ3) is 4.44. The van der Waals surface area contributed by atoms with Gasteiger partial charge in [0.25, 0.3) is 0 Å². The molecule has 0 aliphatic carbocycles. The second-order valence-corrected chi connectivity index (χ2v) is 4.22.